The molecule has 1 N–H and O–H groups in total. The molecular weight excluding hydrogens is 294 g/mol. The highest BCUT2D eigenvalue weighted by molar-refractivity contribution is 7.93. The number of nitrogens with zero attached hydrogens (tertiary/aromatic N) is 1. The van der Waals surface area contributed by atoms with Crippen LogP contribution in [0, 0.1) is 0 Å². The Morgan fingerprint density at radius 2 is 1.81 bits per heavy atom. The molecule has 0 saturated carbocycles. The predicted molar refractivity (Wildman–Crippen MR) is 79.5 cm³/mol. The minimum absolute atomic E-state index is 0.112. The van der Waals surface area contributed by atoms with Gasteiger partial charge in [0.2, 0.25) is 0 Å². The summed E-state index contributed by atoms with van der Waals surface area (Å²) in [4.78, 5) is 22.6. The van der Waals surface area contributed by atoms with E-state index in [-0.39, 0.29) is 5.75 Å². The van der Waals surface area contributed by atoms with Gasteiger partial charge < -0.3 is 9.84 Å². The van der Waals surface area contributed by atoms with Gasteiger partial charge in [0.15, 0.2) is 0 Å². The van der Waals surface area contributed by atoms with Crippen LogP contribution >= 0.6 is 0 Å². The fourth-order valence-corrected chi connectivity index (χ4v) is 3.20. The van der Waals surface area contributed by atoms with Crippen LogP contribution in [0.2, 0.25) is 0 Å². The van der Waals surface area contributed by atoms with Gasteiger partial charge in [0.05, 0.1) is 15.5 Å². The molecule has 1 amide bonds. The standard InChI is InChI=1S/C14H19NO5S/c1-14(2,3)20-13(18)15-21(19,10-12(16)17)9-11-7-5-4-6-8-11/h4-8H,9-10H2,1-3H3,(H,16,17). The van der Waals surface area contributed by atoms with E-state index in [1.54, 1.807) is 51.1 Å². The summed E-state index contributed by atoms with van der Waals surface area (Å²) < 4.78 is 21.1. The van der Waals surface area contributed by atoms with Crippen molar-refractivity contribution in [3.05, 3.63) is 35.9 Å². The average Bonchev–Trinajstić information content (AvgIpc) is 2.24. The van der Waals surface area contributed by atoms with Crippen LogP contribution in [0.3, 0.4) is 0 Å². The monoisotopic (exact) mass is 313 g/mol. The molecular formula is C14H19NO5S. The van der Waals surface area contributed by atoms with Gasteiger partial charge in [0, 0.05) is 0 Å². The zero-order valence-electron chi connectivity index (χ0n) is 12.2. The van der Waals surface area contributed by atoms with Crippen molar-refractivity contribution in [3.8, 4) is 0 Å². The molecule has 0 saturated heterocycles. The molecule has 0 bridgehead atoms. The SMILES string of the molecule is CC(C)(C)OC(=O)N=S(=O)(CC(=O)O)Cc1ccccc1. The molecule has 0 aliphatic heterocycles. The van der Waals surface area contributed by atoms with Crippen LogP contribution in [-0.4, -0.2) is 32.7 Å². The topological polar surface area (TPSA) is 93.0 Å². The molecule has 7 heteroatoms. The average molecular weight is 313 g/mol. The van der Waals surface area contributed by atoms with Gasteiger partial charge in [-0.1, -0.05) is 30.3 Å². The molecule has 0 aromatic heterocycles. The molecule has 1 rings (SSSR count). The molecule has 0 aliphatic carbocycles. The summed E-state index contributed by atoms with van der Waals surface area (Å²) in [6, 6.07) is 8.67. The quantitative estimate of drug-likeness (QED) is 0.922. The van der Waals surface area contributed by atoms with Crippen LogP contribution < -0.4 is 0 Å². The molecule has 6 nitrogen and oxygen atoms in total. The number of benzene rings is 1. The maximum Gasteiger partial charge on any atom is 0.442 e. The van der Waals surface area contributed by atoms with Gasteiger partial charge in [-0.25, -0.2) is 9.00 Å². The zero-order valence-corrected chi connectivity index (χ0v) is 13.1. The second kappa shape index (κ2) is 6.71. The van der Waals surface area contributed by atoms with Crippen LogP contribution in [0.1, 0.15) is 26.3 Å². The van der Waals surface area contributed by atoms with Gasteiger partial charge in [-0.2, -0.15) is 0 Å². The summed E-state index contributed by atoms with van der Waals surface area (Å²) in [7, 11) is -3.26. The van der Waals surface area contributed by atoms with Crippen LogP contribution in [0.25, 0.3) is 0 Å². The lowest BCUT2D eigenvalue weighted by Gasteiger charge is -2.18. The first-order valence-electron chi connectivity index (χ1n) is 6.31. The lowest BCUT2D eigenvalue weighted by molar-refractivity contribution is -0.134. The van der Waals surface area contributed by atoms with E-state index in [1.807, 2.05) is 0 Å². The summed E-state index contributed by atoms with van der Waals surface area (Å²) in [5.74, 6) is -2.09. The van der Waals surface area contributed by atoms with Crippen LogP contribution in [0.15, 0.2) is 34.7 Å². The van der Waals surface area contributed by atoms with Gasteiger partial charge in [0.1, 0.15) is 11.4 Å². The third kappa shape index (κ3) is 6.89. The van der Waals surface area contributed by atoms with Crippen molar-refractivity contribution in [1.29, 1.82) is 0 Å². The minimum Gasteiger partial charge on any atom is -0.481 e. The molecule has 116 valence electrons. The number of carboxylic acid groups (broad SMARTS) is 1. The maximum absolute atomic E-state index is 12.6. The van der Waals surface area contributed by atoms with Crippen LogP contribution in [0.5, 0.6) is 0 Å². The number of carbonyl (C=O) groups excluding carboxylic acids is 1. The first kappa shape index (κ1) is 17.2. The first-order valence-corrected chi connectivity index (χ1v) is 8.16. The van der Waals surface area contributed by atoms with Crippen molar-refractivity contribution in [2.45, 2.75) is 32.1 Å². The zero-order chi connectivity index (χ0) is 16.1. The van der Waals surface area contributed by atoms with Crippen molar-refractivity contribution < 1.29 is 23.6 Å². The van der Waals surface area contributed by atoms with E-state index in [9.17, 15) is 13.8 Å². The fraction of sp³-hybridized carbons (Fsp3) is 0.429. The molecule has 0 aliphatic rings. The molecule has 0 fully saturated rings. The lowest BCUT2D eigenvalue weighted by Crippen LogP contribution is -2.24. The summed E-state index contributed by atoms with van der Waals surface area (Å²) >= 11 is 0. The third-order valence-corrected chi connectivity index (χ3v) is 4.18. The highest BCUT2D eigenvalue weighted by Gasteiger charge is 2.21. The largest absolute Gasteiger partial charge is 0.481 e. The maximum atomic E-state index is 12.6. The van der Waals surface area contributed by atoms with E-state index < -0.39 is 33.1 Å². The van der Waals surface area contributed by atoms with E-state index in [4.69, 9.17) is 9.84 Å². The normalized spacial score (nSPS) is 14.0. The van der Waals surface area contributed by atoms with Gasteiger partial charge in [-0.05, 0) is 26.3 Å². The summed E-state index contributed by atoms with van der Waals surface area (Å²) in [6.07, 6.45) is -1.01. The van der Waals surface area contributed by atoms with E-state index in [0.717, 1.165) is 0 Å². The molecule has 1 aromatic rings. The molecule has 21 heavy (non-hydrogen) atoms. The minimum atomic E-state index is -3.26. The van der Waals surface area contributed by atoms with E-state index in [1.165, 1.54) is 0 Å². The number of amides is 1. The summed E-state index contributed by atoms with van der Waals surface area (Å²) in [6.45, 7) is 4.95. The number of aliphatic carboxylic acids is 1. The van der Waals surface area contributed by atoms with Crippen molar-refractivity contribution in [1.82, 2.24) is 0 Å². The predicted octanol–water partition coefficient (Wildman–Crippen LogP) is 2.67. The number of carboxylic acids is 1. The van der Waals surface area contributed by atoms with Crippen molar-refractivity contribution in [2.75, 3.05) is 5.75 Å². The van der Waals surface area contributed by atoms with E-state index >= 15 is 0 Å². The Kier molecular flexibility index (Phi) is 5.48. The summed E-state index contributed by atoms with van der Waals surface area (Å²) in [5.41, 5.74) is -0.132. The van der Waals surface area contributed by atoms with Gasteiger partial charge >= 0.3 is 12.1 Å². The highest BCUT2D eigenvalue weighted by atomic mass is 32.2. The second-order valence-corrected chi connectivity index (χ2v) is 7.82. The smallest absolute Gasteiger partial charge is 0.442 e. The molecule has 0 heterocycles. The Morgan fingerprint density at radius 1 is 1.24 bits per heavy atom. The number of carbonyl (C=O) groups is 2. The Hall–Kier alpha value is -1.89. The van der Waals surface area contributed by atoms with Gasteiger partial charge in [0.25, 0.3) is 0 Å². The number of hydrogen-bond acceptors (Lipinski definition) is 4. The van der Waals surface area contributed by atoms with E-state index in [0.29, 0.717) is 5.56 Å². The van der Waals surface area contributed by atoms with Crippen molar-refractivity contribution in [2.24, 2.45) is 4.36 Å². The first-order chi connectivity index (χ1) is 9.60. The Morgan fingerprint density at radius 3 is 2.29 bits per heavy atom. The Bertz CT molecular complexity index is 625. The number of rotatable bonds is 4. The molecule has 1 atom stereocenters. The van der Waals surface area contributed by atoms with Crippen LogP contribution in [0.4, 0.5) is 4.79 Å². The fourth-order valence-electron chi connectivity index (χ4n) is 1.56. The lowest BCUT2D eigenvalue weighted by atomic mass is 10.2. The molecule has 1 unspecified atom stereocenters. The van der Waals surface area contributed by atoms with Crippen LogP contribution in [-0.2, 0) is 25.0 Å². The van der Waals surface area contributed by atoms with Gasteiger partial charge in [-0.15, -0.1) is 4.36 Å². The van der Waals surface area contributed by atoms with Crippen molar-refractivity contribution in [3.63, 3.8) is 0 Å². The highest BCUT2D eigenvalue weighted by Crippen LogP contribution is 2.13. The Labute approximate surface area is 124 Å². The number of hydrogen-bond donors (Lipinski definition) is 1. The number of ether oxygens (including phenoxy) is 1. The molecule has 0 spiro atoms. The van der Waals surface area contributed by atoms with E-state index in [2.05, 4.69) is 4.36 Å². The molecule has 0 radical (unpaired) electrons. The third-order valence-electron chi connectivity index (χ3n) is 2.22. The molecule has 1 aromatic carbocycles. The second-order valence-electron chi connectivity index (χ2n) is 5.51. The van der Waals surface area contributed by atoms with Gasteiger partial charge in [-0.3, -0.25) is 4.79 Å². The van der Waals surface area contributed by atoms with Crippen molar-refractivity contribution >= 4 is 21.8 Å². The Balaban J connectivity index is 3.06. The summed E-state index contributed by atoms with van der Waals surface area (Å²) in [5, 5.41) is 8.88.